The first-order chi connectivity index (χ1) is 11.7. The number of ether oxygens (including phenoxy) is 3. The Morgan fingerprint density at radius 3 is 2.00 bits per heavy atom. The van der Waals surface area contributed by atoms with Gasteiger partial charge in [-0.15, -0.1) is 0 Å². The lowest BCUT2D eigenvalue weighted by molar-refractivity contribution is 0.0983. The van der Waals surface area contributed by atoms with E-state index in [1.807, 2.05) is 12.1 Å². The molecule has 1 unspecified atom stereocenters. The molecule has 0 saturated carbocycles. The second kappa shape index (κ2) is 9.11. The minimum atomic E-state index is 0.155. The van der Waals surface area contributed by atoms with E-state index < -0.39 is 0 Å². The summed E-state index contributed by atoms with van der Waals surface area (Å²) >= 11 is 0. The Morgan fingerprint density at radius 2 is 1.58 bits per heavy atom. The first kappa shape index (κ1) is 18.8. The van der Waals surface area contributed by atoms with Gasteiger partial charge in [0, 0.05) is 38.8 Å². The van der Waals surface area contributed by atoms with Crippen molar-refractivity contribution in [2.24, 2.45) is 5.73 Å². The zero-order chi connectivity index (χ0) is 17.5. The van der Waals surface area contributed by atoms with Crippen molar-refractivity contribution in [3.63, 3.8) is 0 Å². The quantitative estimate of drug-likeness (QED) is 0.780. The summed E-state index contributed by atoms with van der Waals surface area (Å²) in [6.45, 7) is 8.20. The number of benzene rings is 1. The van der Waals surface area contributed by atoms with Gasteiger partial charge in [-0.3, -0.25) is 4.90 Å². The molecule has 136 valence electrons. The number of rotatable bonds is 8. The number of piperazine rings is 1. The van der Waals surface area contributed by atoms with E-state index in [1.54, 1.807) is 21.3 Å². The molecule has 1 aromatic rings. The molecule has 1 fully saturated rings. The second-order valence-corrected chi connectivity index (χ2v) is 6.09. The highest BCUT2D eigenvalue weighted by Gasteiger charge is 2.26. The lowest BCUT2D eigenvalue weighted by Crippen LogP contribution is -2.49. The minimum Gasteiger partial charge on any atom is -0.493 e. The third kappa shape index (κ3) is 4.12. The molecule has 1 atom stereocenters. The van der Waals surface area contributed by atoms with Crippen molar-refractivity contribution < 1.29 is 14.2 Å². The Kier molecular flexibility index (Phi) is 7.15. The van der Waals surface area contributed by atoms with Crippen LogP contribution in [-0.2, 0) is 0 Å². The molecule has 2 N–H and O–H groups in total. The Hall–Kier alpha value is -1.50. The lowest BCUT2D eigenvalue weighted by Gasteiger charge is -2.39. The van der Waals surface area contributed by atoms with Gasteiger partial charge in [-0.2, -0.15) is 0 Å². The van der Waals surface area contributed by atoms with Crippen molar-refractivity contribution in [3.8, 4) is 17.2 Å². The molecule has 0 bridgehead atoms. The van der Waals surface area contributed by atoms with Crippen molar-refractivity contribution in [1.29, 1.82) is 0 Å². The van der Waals surface area contributed by atoms with Gasteiger partial charge in [0.05, 0.1) is 21.3 Å². The average Bonchev–Trinajstić information content (AvgIpc) is 2.63. The molecule has 0 amide bonds. The van der Waals surface area contributed by atoms with Gasteiger partial charge in [0.25, 0.3) is 0 Å². The van der Waals surface area contributed by atoms with Crippen LogP contribution in [0, 0.1) is 0 Å². The molecule has 0 radical (unpaired) electrons. The summed E-state index contributed by atoms with van der Waals surface area (Å²) in [6.07, 6.45) is 1.20. The van der Waals surface area contributed by atoms with E-state index in [0.29, 0.717) is 23.8 Å². The molecular weight excluding hydrogens is 306 g/mol. The molecule has 6 nitrogen and oxygen atoms in total. The highest BCUT2D eigenvalue weighted by molar-refractivity contribution is 5.54. The topological polar surface area (TPSA) is 60.2 Å². The first-order valence-corrected chi connectivity index (χ1v) is 8.64. The zero-order valence-electron chi connectivity index (χ0n) is 15.4. The maximum Gasteiger partial charge on any atom is 0.203 e. The summed E-state index contributed by atoms with van der Waals surface area (Å²) in [4.78, 5) is 4.96. The highest BCUT2D eigenvalue weighted by atomic mass is 16.5. The summed E-state index contributed by atoms with van der Waals surface area (Å²) in [5.41, 5.74) is 7.22. The Labute approximate surface area is 145 Å². The molecular formula is C18H31N3O3. The van der Waals surface area contributed by atoms with Crippen molar-refractivity contribution in [2.75, 3.05) is 60.6 Å². The number of hydrogen-bond donors (Lipinski definition) is 1. The summed E-state index contributed by atoms with van der Waals surface area (Å²) in [5, 5.41) is 0. The van der Waals surface area contributed by atoms with E-state index >= 15 is 0 Å². The number of nitrogens with zero attached hydrogens (tertiary/aromatic N) is 2. The van der Waals surface area contributed by atoms with Crippen LogP contribution < -0.4 is 19.9 Å². The Balaban J connectivity index is 2.21. The van der Waals surface area contributed by atoms with E-state index in [0.717, 1.165) is 31.7 Å². The molecule has 0 aromatic heterocycles. The van der Waals surface area contributed by atoms with Gasteiger partial charge in [0.2, 0.25) is 5.75 Å². The van der Waals surface area contributed by atoms with Crippen LogP contribution >= 0.6 is 0 Å². The van der Waals surface area contributed by atoms with Crippen LogP contribution in [0.4, 0.5) is 0 Å². The van der Waals surface area contributed by atoms with Gasteiger partial charge in [0.1, 0.15) is 0 Å². The molecule has 1 aliphatic heterocycles. The minimum absolute atomic E-state index is 0.155. The highest BCUT2D eigenvalue weighted by Crippen LogP contribution is 2.40. The number of methoxy groups -OCH3 is 3. The number of hydrogen-bond acceptors (Lipinski definition) is 6. The fourth-order valence-corrected chi connectivity index (χ4v) is 3.40. The normalized spacial score (nSPS) is 17.5. The molecule has 0 aliphatic carbocycles. The predicted octanol–water partition coefficient (Wildman–Crippen LogP) is 1.74. The van der Waals surface area contributed by atoms with E-state index in [-0.39, 0.29) is 6.04 Å². The molecule has 2 rings (SSSR count). The van der Waals surface area contributed by atoms with Crippen LogP contribution in [0.1, 0.15) is 24.9 Å². The molecule has 0 spiro atoms. The summed E-state index contributed by atoms with van der Waals surface area (Å²) in [5.74, 6) is 1.97. The predicted molar refractivity (Wildman–Crippen MR) is 96.2 cm³/mol. The van der Waals surface area contributed by atoms with Crippen LogP contribution in [0.15, 0.2) is 12.1 Å². The van der Waals surface area contributed by atoms with Gasteiger partial charge >= 0.3 is 0 Å². The summed E-state index contributed by atoms with van der Waals surface area (Å²) in [6, 6.07) is 4.18. The standard InChI is InChI=1S/C18H31N3O3/c1-5-6-20-7-9-21(10-8-20)15(13-19)14-11-16(22-2)18(24-4)17(12-14)23-3/h11-12,15H,5-10,13,19H2,1-4H3. The summed E-state index contributed by atoms with van der Waals surface area (Å²) < 4.78 is 16.4. The van der Waals surface area contributed by atoms with Crippen molar-refractivity contribution in [2.45, 2.75) is 19.4 Å². The van der Waals surface area contributed by atoms with Crippen LogP contribution in [0.5, 0.6) is 17.2 Å². The fourth-order valence-electron chi connectivity index (χ4n) is 3.40. The molecule has 1 saturated heterocycles. The lowest BCUT2D eigenvalue weighted by atomic mass is 10.0. The average molecular weight is 337 g/mol. The van der Waals surface area contributed by atoms with E-state index in [2.05, 4.69) is 16.7 Å². The second-order valence-electron chi connectivity index (χ2n) is 6.09. The van der Waals surface area contributed by atoms with Gasteiger partial charge < -0.3 is 24.8 Å². The maximum absolute atomic E-state index is 6.11. The number of nitrogens with two attached hydrogens (primary N) is 1. The van der Waals surface area contributed by atoms with Gasteiger partial charge in [-0.1, -0.05) is 6.92 Å². The van der Waals surface area contributed by atoms with Crippen LogP contribution in [-0.4, -0.2) is 70.4 Å². The molecule has 1 heterocycles. The largest absolute Gasteiger partial charge is 0.493 e. The molecule has 6 heteroatoms. The fraction of sp³-hybridized carbons (Fsp3) is 0.667. The third-order valence-corrected chi connectivity index (χ3v) is 4.68. The van der Waals surface area contributed by atoms with E-state index in [9.17, 15) is 0 Å². The summed E-state index contributed by atoms with van der Waals surface area (Å²) in [7, 11) is 4.90. The Bertz CT molecular complexity index is 491. The smallest absolute Gasteiger partial charge is 0.203 e. The zero-order valence-corrected chi connectivity index (χ0v) is 15.4. The van der Waals surface area contributed by atoms with Crippen LogP contribution in [0.2, 0.25) is 0 Å². The van der Waals surface area contributed by atoms with Gasteiger partial charge in [-0.25, -0.2) is 0 Å². The van der Waals surface area contributed by atoms with Crippen LogP contribution in [0.3, 0.4) is 0 Å². The van der Waals surface area contributed by atoms with Crippen molar-refractivity contribution in [3.05, 3.63) is 17.7 Å². The van der Waals surface area contributed by atoms with E-state index in [4.69, 9.17) is 19.9 Å². The van der Waals surface area contributed by atoms with Crippen LogP contribution in [0.25, 0.3) is 0 Å². The molecule has 1 aliphatic rings. The van der Waals surface area contributed by atoms with Gasteiger partial charge in [-0.05, 0) is 30.7 Å². The van der Waals surface area contributed by atoms with Gasteiger partial charge in [0.15, 0.2) is 11.5 Å². The molecule has 1 aromatic carbocycles. The Morgan fingerprint density at radius 1 is 1.00 bits per heavy atom. The third-order valence-electron chi connectivity index (χ3n) is 4.68. The van der Waals surface area contributed by atoms with Crippen molar-refractivity contribution >= 4 is 0 Å². The monoisotopic (exact) mass is 337 g/mol. The van der Waals surface area contributed by atoms with E-state index in [1.165, 1.54) is 13.0 Å². The molecule has 24 heavy (non-hydrogen) atoms. The van der Waals surface area contributed by atoms with Crippen molar-refractivity contribution in [1.82, 2.24) is 9.80 Å². The maximum atomic E-state index is 6.11. The first-order valence-electron chi connectivity index (χ1n) is 8.64. The SMILES string of the molecule is CCCN1CCN(C(CN)c2cc(OC)c(OC)c(OC)c2)CC1.